The largest absolute Gasteiger partial charge is 0.464 e. The zero-order chi connectivity index (χ0) is 14.0. The minimum Gasteiger partial charge on any atom is -0.464 e. The molecule has 1 aromatic heterocycles. The fraction of sp³-hybridized carbons (Fsp3) is 0.375. The number of hydrogen-bond donors (Lipinski definition) is 1. The van der Waals surface area contributed by atoms with E-state index in [4.69, 9.17) is 4.42 Å². The monoisotopic (exact) mass is 321 g/mol. The van der Waals surface area contributed by atoms with E-state index in [0.717, 1.165) is 22.5 Å². The number of aryl methyl sites for hydroxylation is 3. The Hall–Kier alpha value is -1.06. The molecule has 1 heterocycles. The maximum Gasteiger partial charge on any atom is 0.125 e. The molecule has 1 atom stereocenters. The van der Waals surface area contributed by atoms with Crippen molar-refractivity contribution < 1.29 is 4.42 Å². The van der Waals surface area contributed by atoms with Crippen LogP contribution in [0.4, 0.5) is 0 Å². The molecule has 19 heavy (non-hydrogen) atoms. The summed E-state index contributed by atoms with van der Waals surface area (Å²) in [6.07, 6.45) is 0. The van der Waals surface area contributed by atoms with Crippen LogP contribution in [0.15, 0.2) is 33.2 Å². The fourth-order valence-corrected chi connectivity index (χ4v) is 2.75. The Morgan fingerprint density at radius 2 is 1.89 bits per heavy atom. The van der Waals surface area contributed by atoms with Crippen molar-refractivity contribution in [3.05, 3.63) is 56.9 Å². The van der Waals surface area contributed by atoms with E-state index in [1.54, 1.807) is 0 Å². The molecule has 0 bridgehead atoms. The van der Waals surface area contributed by atoms with Gasteiger partial charge in [0.2, 0.25) is 0 Å². The average Bonchev–Trinajstić information content (AvgIpc) is 2.78. The highest BCUT2D eigenvalue weighted by Crippen LogP contribution is 2.30. The molecule has 0 fully saturated rings. The van der Waals surface area contributed by atoms with Gasteiger partial charge in [0, 0.05) is 4.47 Å². The van der Waals surface area contributed by atoms with Crippen LogP contribution in [0.2, 0.25) is 0 Å². The van der Waals surface area contributed by atoms with Gasteiger partial charge in [-0.2, -0.15) is 0 Å². The van der Waals surface area contributed by atoms with Gasteiger partial charge in [-0.25, -0.2) is 0 Å². The second-order valence-corrected chi connectivity index (χ2v) is 5.75. The van der Waals surface area contributed by atoms with Crippen LogP contribution in [-0.4, -0.2) is 6.54 Å². The lowest BCUT2D eigenvalue weighted by atomic mass is 9.97. The third kappa shape index (κ3) is 3.10. The molecule has 102 valence electrons. The van der Waals surface area contributed by atoms with E-state index in [0.29, 0.717) is 0 Å². The molecule has 2 rings (SSSR count). The molecule has 0 saturated heterocycles. The lowest BCUT2D eigenvalue weighted by Crippen LogP contribution is -2.22. The molecular formula is C16H20BrNO. The Bertz CT molecular complexity index is 574. The molecule has 0 aliphatic carbocycles. The smallest absolute Gasteiger partial charge is 0.125 e. The Morgan fingerprint density at radius 3 is 2.47 bits per heavy atom. The summed E-state index contributed by atoms with van der Waals surface area (Å²) >= 11 is 3.58. The van der Waals surface area contributed by atoms with Crippen LogP contribution in [0, 0.1) is 20.8 Å². The number of rotatable bonds is 4. The van der Waals surface area contributed by atoms with Gasteiger partial charge in [0.1, 0.15) is 11.5 Å². The van der Waals surface area contributed by atoms with Gasteiger partial charge >= 0.3 is 0 Å². The first kappa shape index (κ1) is 14.4. The summed E-state index contributed by atoms with van der Waals surface area (Å²) in [7, 11) is 0. The normalized spacial score (nSPS) is 12.7. The van der Waals surface area contributed by atoms with Crippen molar-refractivity contribution in [1.82, 2.24) is 5.32 Å². The highest BCUT2D eigenvalue weighted by Gasteiger charge is 2.19. The second-order valence-electron chi connectivity index (χ2n) is 4.90. The maximum absolute atomic E-state index is 5.80. The molecule has 1 aromatic carbocycles. The van der Waals surface area contributed by atoms with Crippen LogP contribution in [0.3, 0.4) is 0 Å². The van der Waals surface area contributed by atoms with Crippen molar-refractivity contribution in [3.63, 3.8) is 0 Å². The third-order valence-corrected chi connectivity index (χ3v) is 4.17. The number of nitrogens with one attached hydrogen (secondary N) is 1. The van der Waals surface area contributed by atoms with Crippen molar-refractivity contribution in [2.45, 2.75) is 33.7 Å². The summed E-state index contributed by atoms with van der Waals surface area (Å²) in [5.74, 6) is 1.92. The van der Waals surface area contributed by atoms with E-state index in [9.17, 15) is 0 Å². The molecule has 0 spiro atoms. The molecule has 0 saturated carbocycles. The molecule has 1 unspecified atom stereocenters. The summed E-state index contributed by atoms with van der Waals surface area (Å²) in [5, 5.41) is 3.51. The standard InChI is InChI=1S/C16H20BrNO/c1-5-18-16(15-7-6-12(4)19-15)13-8-11(3)14(17)9-10(13)2/h6-9,16,18H,5H2,1-4H3. The Balaban J connectivity index is 2.47. The summed E-state index contributed by atoms with van der Waals surface area (Å²) in [4.78, 5) is 0. The highest BCUT2D eigenvalue weighted by molar-refractivity contribution is 9.10. The van der Waals surface area contributed by atoms with Gasteiger partial charge in [-0.1, -0.05) is 28.9 Å². The van der Waals surface area contributed by atoms with E-state index >= 15 is 0 Å². The summed E-state index contributed by atoms with van der Waals surface area (Å²) in [6, 6.07) is 8.58. The number of benzene rings is 1. The van der Waals surface area contributed by atoms with Crippen LogP contribution in [0.1, 0.15) is 41.2 Å². The Kier molecular flexibility index (Phi) is 4.48. The first-order valence-corrected chi connectivity index (χ1v) is 7.38. The summed E-state index contributed by atoms with van der Waals surface area (Å²) in [5.41, 5.74) is 3.78. The number of hydrogen-bond acceptors (Lipinski definition) is 2. The Labute approximate surface area is 123 Å². The van der Waals surface area contributed by atoms with E-state index in [2.05, 4.69) is 60.2 Å². The highest BCUT2D eigenvalue weighted by atomic mass is 79.9. The molecule has 0 amide bonds. The minimum atomic E-state index is 0.116. The van der Waals surface area contributed by atoms with Gasteiger partial charge in [0.05, 0.1) is 6.04 Å². The second kappa shape index (κ2) is 5.93. The molecule has 0 aliphatic heterocycles. The molecule has 2 aromatic rings. The zero-order valence-corrected chi connectivity index (χ0v) is 13.5. The first-order valence-electron chi connectivity index (χ1n) is 6.59. The van der Waals surface area contributed by atoms with Crippen molar-refractivity contribution in [3.8, 4) is 0 Å². The molecule has 2 nitrogen and oxygen atoms in total. The quantitative estimate of drug-likeness (QED) is 0.885. The molecular weight excluding hydrogens is 302 g/mol. The summed E-state index contributed by atoms with van der Waals surface area (Å²) in [6.45, 7) is 9.25. The fourth-order valence-electron chi connectivity index (χ4n) is 2.29. The van der Waals surface area contributed by atoms with Gasteiger partial charge in [0.15, 0.2) is 0 Å². The lowest BCUT2D eigenvalue weighted by molar-refractivity contribution is 0.434. The SMILES string of the molecule is CCNC(c1ccc(C)o1)c1cc(C)c(Br)cc1C. The Morgan fingerprint density at radius 1 is 1.16 bits per heavy atom. The van der Waals surface area contributed by atoms with Crippen LogP contribution in [-0.2, 0) is 0 Å². The van der Waals surface area contributed by atoms with E-state index < -0.39 is 0 Å². The van der Waals surface area contributed by atoms with Crippen LogP contribution in [0.5, 0.6) is 0 Å². The molecule has 1 N–H and O–H groups in total. The summed E-state index contributed by atoms with van der Waals surface area (Å²) < 4.78 is 6.96. The van der Waals surface area contributed by atoms with Crippen LogP contribution in [0.25, 0.3) is 0 Å². The topological polar surface area (TPSA) is 25.2 Å². The molecule has 0 aliphatic rings. The maximum atomic E-state index is 5.80. The van der Waals surface area contributed by atoms with Gasteiger partial charge in [-0.05, 0) is 62.2 Å². The van der Waals surface area contributed by atoms with E-state index in [1.165, 1.54) is 16.7 Å². The van der Waals surface area contributed by atoms with Crippen molar-refractivity contribution in [2.75, 3.05) is 6.54 Å². The molecule has 0 radical (unpaired) electrons. The van der Waals surface area contributed by atoms with Crippen LogP contribution < -0.4 is 5.32 Å². The van der Waals surface area contributed by atoms with Crippen molar-refractivity contribution in [2.24, 2.45) is 0 Å². The van der Waals surface area contributed by atoms with E-state index in [1.807, 2.05) is 13.0 Å². The number of halogens is 1. The minimum absolute atomic E-state index is 0.116. The van der Waals surface area contributed by atoms with Crippen molar-refractivity contribution in [1.29, 1.82) is 0 Å². The predicted octanol–water partition coefficient (Wildman–Crippen LogP) is 4.67. The zero-order valence-electron chi connectivity index (χ0n) is 11.9. The molecule has 3 heteroatoms. The van der Waals surface area contributed by atoms with Gasteiger partial charge in [0.25, 0.3) is 0 Å². The number of furan rings is 1. The van der Waals surface area contributed by atoms with Crippen molar-refractivity contribution >= 4 is 15.9 Å². The van der Waals surface area contributed by atoms with Crippen LogP contribution >= 0.6 is 15.9 Å². The third-order valence-electron chi connectivity index (χ3n) is 3.31. The lowest BCUT2D eigenvalue weighted by Gasteiger charge is -2.19. The van der Waals surface area contributed by atoms with Gasteiger partial charge in [-0.3, -0.25) is 0 Å². The van der Waals surface area contributed by atoms with E-state index in [-0.39, 0.29) is 6.04 Å². The first-order chi connectivity index (χ1) is 9.02. The predicted molar refractivity (Wildman–Crippen MR) is 82.6 cm³/mol. The average molecular weight is 322 g/mol. The van der Waals surface area contributed by atoms with Gasteiger partial charge < -0.3 is 9.73 Å². The van der Waals surface area contributed by atoms with Gasteiger partial charge in [-0.15, -0.1) is 0 Å².